The first-order chi connectivity index (χ1) is 10.3. The highest BCUT2D eigenvalue weighted by Crippen LogP contribution is 2.37. The van der Waals surface area contributed by atoms with Gasteiger partial charge in [0.1, 0.15) is 6.33 Å². The molecule has 0 N–H and O–H groups in total. The summed E-state index contributed by atoms with van der Waals surface area (Å²) in [7, 11) is 0. The first kappa shape index (κ1) is 11.8. The number of fused-ring (bicyclic) bond motifs is 1. The third kappa shape index (κ3) is 1.90. The molecule has 21 heavy (non-hydrogen) atoms. The third-order valence-corrected chi connectivity index (χ3v) is 3.29. The Labute approximate surface area is 120 Å². The standard InChI is InChI=1S/C14H11N5O2/c1-9-2-11(3-13-14(9)21-8-20-13)19-12(6-17-18-19)10-4-15-7-16-5-10/h2-7H,8H2,1H3. The minimum Gasteiger partial charge on any atom is -0.454 e. The monoisotopic (exact) mass is 281 g/mol. The predicted octanol–water partition coefficient (Wildman–Crippen LogP) is 1.76. The van der Waals surface area contributed by atoms with E-state index in [0.29, 0.717) is 0 Å². The van der Waals surface area contributed by atoms with Crippen molar-refractivity contribution >= 4 is 0 Å². The van der Waals surface area contributed by atoms with Gasteiger partial charge in [-0.2, -0.15) is 0 Å². The molecule has 4 rings (SSSR count). The number of nitrogens with zero attached hydrogens (tertiary/aromatic N) is 5. The molecular formula is C14H11N5O2. The van der Waals surface area contributed by atoms with Crippen LogP contribution in [0.4, 0.5) is 0 Å². The van der Waals surface area contributed by atoms with Crippen LogP contribution >= 0.6 is 0 Å². The summed E-state index contributed by atoms with van der Waals surface area (Å²) in [5, 5.41) is 8.13. The zero-order chi connectivity index (χ0) is 14.2. The van der Waals surface area contributed by atoms with Crippen molar-refractivity contribution in [2.45, 2.75) is 6.92 Å². The van der Waals surface area contributed by atoms with Crippen molar-refractivity contribution in [2.75, 3.05) is 6.79 Å². The number of hydrogen-bond acceptors (Lipinski definition) is 6. The van der Waals surface area contributed by atoms with E-state index in [1.54, 1.807) is 23.3 Å². The molecule has 0 fully saturated rings. The summed E-state index contributed by atoms with van der Waals surface area (Å²) < 4.78 is 12.6. The average Bonchev–Trinajstić information content (AvgIpc) is 3.17. The van der Waals surface area contributed by atoms with Gasteiger partial charge < -0.3 is 9.47 Å². The van der Waals surface area contributed by atoms with Crippen LogP contribution in [0.3, 0.4) is 0 Å². The average molecular weight is 281 g/mol. The number of aryl methyl sites for hydroxylation is 1. The molecule has 0 aliphatic carbocycles. The summed E-state index contributed by atoms with van der Waals surface area (Å²) in [6.45, 7) is 2.22. The number of rotatable bonds is 2. The fraction of sp³-hybridized carbons (Fsp3) is 0.143. The molecule has 104 valence electrons. The number of ether oxygens (including phenoxy) is 2. The predicted molar refractivity (Wildman–Crippen MR) is 73.2 cm³/mol. The lowest BCUT2D eigenvalue weighted by Gasteiger charge is -2.08. The number of hydrogen-bond donors (Lipinski definition) is 0. The van der Waals surface area contributed by atoms with Crippen LogP contribution in [0.2, 0.25) is 0 Å². The Morgan fingerprint density at radius 1 is 1.10 bits per heavy atom. The molecule has 7 heteroatoms. The van der Waals surface area contributed by atoms with Crippen molar-refractivity contribution in [3.8, 4) is 28.4 Å². The van der Waals surface area contributed by atoms with Gasteiger partial charge in [0.2, 0.25) is 6.79 Å². The van der Waals surface area contributed by atoms with Crippen molar-refractivity contribution in [2.24, 2.45) is 0 Å². The lowest BCUT2D eigenvalue weighted by molar-refractivity contribution is 0.173. The van der Waals surface area contributed by atoms with Gasteiger partial charge in [0.25, 0.3) is 0 Å². The molecule has 0 spiro atoms. The van der Waals surface area contributed by atoms with Crippen LogP contribution in [0.1, 0.15) is 5.56 Å². The third-order valence-electron chi connectivity index (χ3n) is 3.29. The van der Waals surface area contributed by atoms with E-state index in [4.69, 9.17) is 9.47 Å². The van der Waals surface area contributed by atoms with E-state index >= 15 is 0 Å². The van der Waals surface area contributed by atoms with Gasteiger partial charge in [-0.05, 0) is 18.6 Å². The Morgan fingerprint density at radius 3 is 2.81 bits per heavy atom. The first-order valence-electron chi connectivity index (χ1n) is 6.39. The fourth-order valence-corrected chi connectivity index (χ4v) is 2.34. The fourth-order valence-electron chi connectivity index (χ4n) is 2.34. The van der Waals surface area contributed by atoms with Gasteiger partial charge >= 0.3 is 0 Å². The molecule has 7 nitrogen and oxygen atoms in total. The summed E-state index contributed by atoms with van der Waals surface area (Å²) in [5.41, 5.74) is 3.51. The Kier molecular flexibility index (Phi) is 2.56. The van der Waals surface area contributed by atoms with Crippen LogP contribution in [0.25, 0.3) is 16.9 Å². The molecule has 1 aliphatic rings. The van der Waals surface area contributed by atoms with E-state index in [9.17, 15) is 0 Å². The maximum atomic E-state index is 5.46. The van der Waals surface area contributed by atoms with Gasteiger partial charge in [-0.25, -0.2) is 14.6 Å². The zero-order valence-corrected chi connectivity index (χ0v) is 11.2. The number of aromatic nitrogens is 5. The van der Waals surface area contributed by atoms with E-state index < -0.39 is 0 Å². The van der Waals surface area contributed by atoms with Gasteiger partial charge in [-0.15, -0.1) is 5.10 Å². The zero-order valence-electron chi connectivity index (χ0n) is 11.2. The van der Waals surface area contributed by atoms with E-state index in [1.165, 1.54) is 6.33 Å². The lowest BCUT2D eigenvalue weighted by atomic mass is 10.1. The Balaban J connectivity index is 1.86. The number of benzene rings is 1. The summed E-state index contributed by atoms with van der Waals surface area (Å²) in [5.74, 6) is 1.50. The molecule has 0 amide bonds. The second-order valence-electron chi connectivity index (χ2n) is 4.65. The van der Waals surface area contributed by atoms with Gasteiger partial charge in [-0.3, -0.25) is 0 Å². The molecule has 0 saturated carbocycles. The van der Waals surface area contributed by atoms with Gasteiger partial charge in [0.15, 0.2) is 11.5 Å². The highest BCUT2D eigenvalue weighted by atomic mass is 16.7. The minimum atomic E-state index is 0.246. The maximum Gasteiger partial charge on any atom is 0.231 e. The highest BCUT2D eigenvalue weighted by molar-refractivity contribution is 5.61. The second-order valence-corrected chi connectivity index (χ2v) is 4.65. The van der Waals surface area contributed by atoms with Crippen molar-refractivity contribution < 1.29 is 9.47 Å². The Hall–Kier alpha value is -2.96. The molecule has 0 bridgehead atoms. The van der Waals surface area contributed by atoms with E-state index in [-0.39, 0.29) is 6.79 Å². The highest BCUT2D eigenvalue weighted by Gasteiger charge is 2.19. The van der Waals surface area contributed by atoms with Crippen molar-refractivity contribution in [1.82, 2.24) is 25.0 Å². The molecule has 0 atom stereocenters. The molecule has 0 radical (unpaired) electrons. The van der Waals surface area contributed by atoms with Crippen molar-refractivity contribution in [3.05, 3.63) is 42.6 Å². The topological polar surface area (TPSA) is 75.0 Å². The van der Waals surface area contributed by atoms with Crippen LogP contribution in [0.15, 0.2) is 37.1 Å². The van der Waals surface area contributed by atoms with Crippen LogP contribution in [-0.2, 0) is 0 Å². The molecule has 0 unspecified atom stereocenters. The summed E-state index contributed by atoms with van der Waals surface area (Å²) >= 11 is 0. The van der Waals surface area contributed by atoms with Gasteiger partial charge in [0.05, 0.1) is 17.6 Å². The SMILES string of the molecule is Cc1cc(-n2nncc2-c2cncnc2)cc2c1OCO2. The van der Waals surface area contributed by atoms with E-state index in [1.807, 2.05) is 19.1 Å². The Bertz CT molecular complexity index is 800. The minimum absolute atomic E-state index is 0.246. The summed E-state index contributed by atoms with van der Waals surface area (Å²) in [6, 6.07) is 3.87. The molecule has 0 saturated heterocycles. The van der Waals surface area contributed by atoms with E-state index in [2.05, 4.69) is 20.3 Å². The van der Waals surface area contributed by atoms with Crippen LogP contribution < -0.4 is 9.47 Å². The van der Waals surface area contributed by atoms with Gasteiger partial charge in [0, 0.05) is 24.0 Å². The first-order valence-corrected chi connectivity index (χ1v) is 6.39. The van der Waals surface area contributed by atoms with Gasteiger partial charge in [-0.1, -0.05) is 5.21 Å². The summed E-state index contributed by atoms with van der Waals surface area (Å²) in [6.07, 6.45) is 6.62. The Morgan fingerprint density at radius 2 is 1.95 bits per heavy atom. The van der Waals surface area contributed by atoms with Crippen LogP contribution in [-0.4, -0.2) is 31.8 Å². The largest absolute Gasteiger partial charge is 0.454 e. The second kappa shape index (κ2) is 4.55. The lowest BCUT2D eigenvalue weighted by Crippen LogP contribution is -2.00. The molecule has 3 aromatic rings. The van der Waals surface area contributed by atoms with Crippen LogP contribution in [0.5, 0.6) is 11.5 Å². The summed E-state index contributed by atoms with van der Waals surface area (Å²) in [4.78, 5) is 8.05. The van der Waals surface area contributed by atoms with Crippen LogP contribution in [0, 0.1) is 6.92 Å². The van der Waals surface area contributed by atoms with E-state index in [0.717, 1.165) is 34.0 Å². The maximum absolute atomic E-state index is 5.46. The van der Waals surface area contributed by atoms with Crippen molar-refractivity contribution in [3.63, 3.8) is 0 Å². The molecule has 3 heterocycles. The molecule has 1 aromatic carbocycles. The smallest absolute Gasteiger partial charge is 0.231 e. The normalized spacial score (nSPS) is 12.6. The quantitative estimate of drug-likeness (QED) is 0.712. The molecular weight excluding hydrogens is 270 g/mol. The van der Waals surface area contributed by atoms with Crippen molar-refractivity contribution in [1.29, 1.82) is 0 Å². The molecule has 1 aliphatic heterocycles. The molecule has 2 aromatic heterocycles.